The molecular weight excluding hydrogens is 460 g/mol. The molecular formula is C29H38O7. The Morgan fingerprint density at radius 3 is 2.44 bits per heavy atom. The Kier molecular flexibility index (Phi) is 5.66. The molecule has 0 aromatic heterocycles. The molecule has 36 heavy (non-hydrogen) atoms. The van der Waals surface area contributed by atoms with Gasteiger partial charge in [-0.05, 0) is 32.1 Å². The van der Waals surface area contributed by atoms with E-state index in [1.807, 2.05) is 37.3 Å². The van der Waals surface area contributed by atoms with Crippen molar-refractivity contribution < 1.29 is 33.6 Å². The van der Waals surface area contributed by atoms with Gasteiger partial charge in [0.25, 0.3) is 0 Å². The van der Waals surface area contributed by atoms with Gasteiger partial charge in [0.15, 0.2) is 17.7 Å². The summed E-state index contributed by atoms with van der Waals surface area (Å²) in [4.78, 5) is 26.9. The molecule has 2 heterocycles. The van der Waals surface area contributed by atoms with E-state index >= 15 is 0 Å². The highest BCUT2D eigenvalue weighted by atomic mass is 16.7. The second kappa shape index (κ2) is 7.97. The summed E-state index contributed by atoms with van der Waals surface area (Å²) in [7, 11) is 0. The zero-order valence-electron chi connectivity index (χ0n) is 22.1. The summed E-state index contributed by atoms with van der Waals surface area (Å²) in [5, 5.41) is 12.1. The van der Waals surface area contributed by atoms with Gasteiger partial charge in [0, 0.05) is 30.2 Å². The average molecular weight is 499 g/mol. The van der Waals surface area contributed by atoms with Crippen LogP contribution in [0.15, 0.2) is 43.0 Å². The van der Waals surface area contributed by atoms with E-state index in [0.29, 0.717) is 6.42 Å². The molecule has 1 spiro atoms. The van der Waals surface area contributed by atoms with Crippen molar-refractivity contribution in [3.05, 3.63) is 48.6 Å². The van der Waals surface area contributed by atoms with Crippen molar-refractivity contribution in [2.75, 3.05) is 0 Å². The topological polar surface area (TPSA) is 91.3 Å². The molecule has 5 rings (SSSR count). The Bertz CT molecular complexity index is 1080. The lowest BCUT2D eigenvalue weighted by Crippen LogP contribution is -2.88. The summed E-state index contributed by atoms with van der Waals surface area (Å²) >= 11 is 0. The number of aliphatic hydroxyl groups is 1. The summed E-state index contributed by atoms with van der Waals surface area (Å²) in [6, 6.07) is 9.54. The highest BCUT2D eigenvalue weighted by Crippen LogP contribution is 2.71. The summed E-state index contributed by atoms with van der Waals surface area (Å²) < 4.78 is 26.1. The molecule has 4 fully saturated rings. The Balaban J connectivity index is 1.79. The van der Waals surface area contributed by atoms with E-state index in [0.717, 1.165) is 12.0 Å². The second-order valence-electron chi connectivity index (χ2n) is 12.3. The smallest absolute Gasteiger partial charge is 0.303 e. The molecule has 0 amide bonds. The molecule has 0 unspecified atom stereocenters. The number of esters is 1. The highest BCUT2D eigenvalue weighted by molar-refractivity contribution is 5.93. The largest absolute Gasteiger partial charge is 0.459 e. The van der Waals surface area contributed by atoms with Crippen molar-refractivity contribution in [2.24, 2.45) is 16.7 Å². The number of rotatable bonds is 3. The van der Waals surface area contributed by atoms with E-state index in [1.54, 1.807) is 19.9 Å². The van der Waals surface area contributed by atoms with Gasteiger partial charge in [-0.1, -0.05) is 57.2 Å². The SMILES string of the molecule is C=C[C@@]1(C)CC(=O)[C@@]23O[C@@H](c4ccccc4)O[C@H]4CCC(C)(C)[C@H]([C@H](OC(C)=O)[C@H](O)[C@@]2(C)O1)[C@]43C. The van der Waals surface area contributed by atoms with E-state index in [4.69, 9.17) is 18.9 Å². The van der Waals surface area contributed by atoms with Crippen molar-refractivity contribution in [1.82, 2.24) is 0 Å². The Hall–Kier alpha value is -2.06. The molecule has 2 aliphatic carbocycles. The summed E-state index contributed by atoms with van der Waals surface area (Å²) in [6.45, 7) is 15.0. The number of aliphatic hydroxyl groups excluding tert-OH is 1. The molecule has 0 radical (unpaired) electrons. The number of benzene rings is 1. The summed E-state index contributed by atoms with van der Waals surface area (Å²) in [5.74, 6) is -1.07. The average Bonchev–Trinajstić information content (AvgIpc) is 2.80. The maximum atomic E-state index is 14.5. The van der Waals surface area contributed by atoms with Gasteiger partial charge in [0.2, 0.25) is 0 Å². The van der Waals surface area contributed by atoms with Crippen LogP contribution in [0.5, 0.6) is 0 Å². The highest BCUT2D eigenvalue weighted by Gasteiger charge is 2.84. The fraction of sp³-hybridized carbons (Fsp3) is 0.655. The van der Waals surface area contributed by atoms with E-state index in [-0.39, 0.29) is 23.7 Å². The van der Waals surface area contributed by atoms with Gasteiger partial charge in [-0.2, -0.15) is 0 Å². The maximum Gasteiger partial charge on any atom is 0.303 e. The van der Waals surface area contributed by atoms with E-state index in [9.17, 15) is 14.7 Å². The molecule has 1 aromatic rings. The normalized spacial score (nSPS) is 47.3. The van der Waals surface area contributed by atoms with E-state index in [1.165, 1.54) is 6.92 Å². The molecule has 2 saturated heterocycles. The standard InChI is InChI=1S/C29H38O7/c1-8-26(5)16-19(31)29-27(6)20(34-24(35-29)18-12-10-9-11-13-18)14-15-25(3,4)22(27)21(33-17(2)30)23(32)28(29,7)36-26/h8-13,20-24,32H,1,14-16H2,2-7H3/t20-,21-,22-,23-,24-,26-,27-,28+,29-/m0/s1. The molecule has 7 nitrogen and oxygen atoms in total. The molecule has 0 bridgehead atoms. The van der Waals surface area contributed by atoms with Gasteiger partial charge in [-0.3, -0.25) is 9.59 Å². The monoisotopic (exact) mass is 498 g/mol. The van der Waals surface area contributed by atoms with E-state index < -0.39 is 52.6 Å². The van der Waals surface area contributed by atoms with Crippen LogP contribution in [0.25, 0.3) is 0 Å². The van der Waals surface area contributed by atoms with Crippen LogP contribution in [0.2, 0.25) is 0 Å². The van der Waals surface area contributed by atoms with Crippen LogP contribution in [0.4, 0.5) is 0 Å². The van der Waals surface area contributed by atoms with Crippen LogP contribution in [0.1, 0.15) is 72.7 Å². The van der Waals surface area contributed by atoms with Gasteiger partial charge >= 0.3 is 5.97 Å². The first kappa shape index (κ1) is 25.6. The summed E-state index contributed by atoms with van der Waals surface area (Å²) in [5.41, 5.74) is -4.66. The fourth-order valence-electron chi connectivity index (χ4n) is 8.17. The first-order valence-electron chi connectivity index (χ1n) is 12.9. The van der Waals surface area contributed by atoms with Crippen molar-refractivity contribution in [2.45, 2.75) is 102 Å². The van der Waals surface area contributed by atoms with E-state index in [2.05, 4.69) is 20.4 Å². The zero-order valence-corrected chi connectivity index (χ0v) is 22.1. The number of carbonyl (C=O) groups excluding carboxylic acids is 2. The van der Waals surface area contributed by atoms with Crippen LogP contribution in [-0.4, -0.2) is 52.0 Å². The molecule has 9 atom stereocenters. The third-order valence-corrected chi connectivity index (χ3v) is 9.60. The van der Waals surface area contributed by atoms with Crippen molar-refractivity contribution in [3.8, 4) is 0 Å². The van der Waals surface area contributed by atoms with Crippen LogP contribution in [-0.2, 0) is 28.5 Å². The molecule has 2 aliphatic heterocycles. The minimum atomic E-state index is -1.55. The molecule has 7 heteroatoms. The minimum absolute atomic E-state index is 0.0496. The second-order valence-corrected chi connectivity index (χ2v) is 12.3. The molecule has 1 N–H and O–H groups in total. The number of Topliss-reactive ketones (excluding diaryl/α,β-unsaturated/α-hetero) is 1. The van der Waals surface area contributed by atoms with Gasteiger partial charge in [0.05, 0.1) is 11.7 Å². The lowest BCUT2D eigenvalue weighted by atomic mass is 9.39. The fourth-order valence-corrected chi connectivity index (χ4v) is 8.17. The quantitative estimate of drug-likeness (QED) is 0.491. The predicted molar refractivity (Wildman–Crippen MR) is 132 cm³/mol. The van der Waals surface area contributed by atoms with Gasteiger partial charge in [-0.15, -0.1) is 6.58 Å². The molecule has 4 aliphatic rings. The van der Waals surface area contributed by atoms with Gasteiger partial charge in [0.1, 0.15) is 17.8 Å². The van der Waals surface area contributed by atoms with Crippen LogP contribution >= 0.6 is 0 Å². The van der Waals surface area contributed by atoms with Crippen molar-refractivity contribution >= 4 is 11.8 Å². The number of carbonyl (C=O) groups is 2. The molecule has 2 saturated carbocycles. The van der Waals surface area contributed by atoms with Crippen LogP contribution in [0.3, 0.4) is 0 Å². The third-order valence-electron chi connectivity index (χ3n) is 9.60. The first-order chi connectivity index (χ1) is 16.8. The summed E-state index contributed by atoms with van der Waals surface area (Å²) in [6.07, 6.45) is -0.326. The Morgan fingerprint density at radius 1 is 1.17 bits per heavy atom. The Morgan fingerprint density at radius 2 is 1.83 bits per heavy atom. The molecule has 196 valence electrons. The zero-order chi connectivity index (χ0) is 26.3. The van der Waals surface area contributed by atoms with Crippen molar-refractivity contribution in [3.63, 3.8) is 0 Å². The predicted octanol–water partition coefficient (Wildman–Crippen LogP) is 4.28. The van der Waals surface area contributed by atoms with Gasteiger partial charge < -0.3 is 24.1 Å². The lowest BCUT2D eigenvalue weighted by molar-refractivity contribution is -0.444. The number of hydrogen-bond acceptors (Lipinski definition) is 7. The minimum Gasteiger partial charge on any atom is -0.459 e. The lowest BCUT2D eigenvalue weighted by Gasteiger charge is -2.74. The van der Waals surface area contributed by atoms with Gasteiger partial charge in [-0.25, -0.2) is 0 Å². The third kappa shape index (κ3) is 3.12. The molecule has 1 aromatic carbocycles. The van der Waals surface area contributed by atoms with Crippen LogP contribution < -0.4 is 0 Å². The van der Waals surface area contributed by atoms with Crippen LogP contribution in [0, 0.1) is 16.7 Å². The Labute approximate surface area is 213 Å². The number of hydrogen-bond donors (Lipinski definition) is 1. The first-order valence-corrected chi connectivity index (χ1v) is 12.9. The number of ketones is 1. The number of ether oxygens (including phenoxy) is 4. The maximum absolute atomic E-state index is 14.5. The van der Waals surface area contributed by atoms with Crippen molar-refractivity contribution in [1.29, 1.82) is 0 Å².